The summed E-state index contributed by atoms with van der Waals surface area (Å²) in [7, 11) is 0. The number of hydrogen-bond acceptors (Lipinski definition) is 3. The lowest BCUT2D eigenvalue weighted by Gasteiger charge is -2.15. The van der Waals surface area contributed by atoms with Crippen LogP contribution < -0.4 is 10.5 Å². The number of fused-ring (bicyclic) bond motifs is 3. The first kappa shape index (κ1) is 19.6. The number of rotatable bonds is 6. The summed E-state index contributed by atoms with van der Waals surface area (Å²) in [5.41, 5.74) is 8.34. The van der Waals surface area contributed by atoms with Gasteiger partial charge in [0.05, 0.1) is 6.54 Å². The number of alkyl halides is 2. The minimum absolute atomic E-state index is 0.0665. The quantitative estimate of drug-likeness (QED) is 0.624. The fourth-order valence-electron chi connectivity index (χ4n) is 3.65. The van der Waals surface area contributed by atoms with Crippen molar-refractivity contribution in [1.82, 2.24) is 4.90 Å². The summed E-state index contributed by atoms with van der Waals surface area (Å²) in [6.45, 7) is 1.13. The summed E-state index contributed by atoms with van der Waals surface area (Å²) in [6, 6.07) is 15.8. The van der Waals surface area contributed by atoms with Crippen LogP contribution in [0.15, 0.2) is 66.7 Å². The van der Waals surface area contributed by atoms with E-state index in [4.69, 9.17) is 5.73 Å². The highest BCUT2D eigenvalue weighted by Gasteiger charge is 2.29. The van der Waals surface area contributed by atoms with Gasteiger partial charge < -0.3 is 15.4 Å². The molecule has 2 amide bonds. The maximum absolute atomic E-state index is 12.7. The smallest absolute Gasteiger partial charge is 0.387 e. The molecule has 3 aromatic rings. The zero-order valence-corrected chi connectivity index (χ0v) is 15.9. The van der Waals surface area contributed by atoms with E-state index >= 15 is 0 Å². The average molecular weight is 408 g/mol. The SMILES string of the molecule is C=C(CN1Cc2c(ccc3ccc(-c4cccc(OC(F)F)c4)cc23)C1=O)C(N)=O. The van der Waals surface area contributed by atoms with Gasteiger partial charge >= 0.3 is 6.61 Å². The Morgan fingerprint density at radius 2 is 1.87 bits per heavy atom. The fraction of sp³-hybridized carbons (Fsp3) is 0.130. The van der Waals surface area contributed by atoms with Gasteiger partial charge in [0, 0.05) is 17.7 Å². The Hall–Kier alpha value is -3.74. The highest BCUT2D eigenvalue weighted by atomic mass is 19.3. The predicted octanol–water partition coefficient (Wildman–Crippen LogP) is 4.11. The van der Waals surface area contributed by atoms with E-state index in [0.717, 1.165) is 27.5 Å². The third kappa shape index (κ3) is 3.61. The summed E-state index contributed by atoms with van der Waals surface area (Å²) >= 11 is 0. The molecule has 1 heterocycles. The number of carbonyl (C=O) groups excluding carboxylic acids is 2. The van der Waals surface area contributed by atoms with Gasteiger partial charge in [-0.05, 0) is 51.7 Å². The zero-order chi connectivity index (χ0) is 21.4. The predicted molar refractivity (Wildman–Crippen MR) is 109 cm³/mol. The molecule has 2 N–H and O–H groups in total. The number of carbonyl (C=O) groups is 2. The van der Waals surface area contributed by atoms with E-state index in [1.807, 2.05) is 24.3 Å². The molecule has 0 spiro atoms. The van der Waals surface area contributed by atoms with E-state index < -0.39 is 12.5 Å². The topological polar surface area (TPSA) is 72.6 Å². The van der Waals surface area contributed by atoms with Crippen molar-refractivity contribution in [3.63, 3.8) is 0 Å². The third-order valence-corrected chi connectivity index (χ3v) is 5.12. The number of ether oxygens (including phenoxy) is 1. The second kappa shape index (κ2) is 7.59. The van der Waals surface area contributed by atoms with Crippen molar-refractivity contribution < 1.29 is 23.1 Å². The molecule has 0 aromatic heterocycles. The van der Waals surface area contributed by atoms with Crippen LogP contribution >= 0.6 is 0 Å². The van der Waals surface area contributed by atoms with Gasteiger partial charge in [-0.3, -0.25) is 9.59 Å². The first-order valence-electron chi connectivity index (χ1n) is 9.21. The van der Waals surface area contributed by atoms with Gasteiger partial charge in [-0.2, -0.15) is 8.78 Å². The number of nitrogens with zero attached hydrogens (tertiary/aromatic N) is 1. The van der Waals surface area contributed by atoms with Crippen LogP contribution in [0.4, 0.5) is 8.78 Å². The Morgan fingerprint density at radius 3 is 2.60 bits per heavy atom. The summed E-state index contributed by atoms with van der Waals surface area (Å²) in [6.07, 6.45) is 0. The monoisotopic (exact) mass is 408 g/mol. The molecule has 0 saturated carbocycles. The van der Waals surface area contributed by atoms with Crippen LogP contribution in [0.5, 0.6) is 5.75 Å². The molecular formula is C23H18F2N2O3. The maximum Gasteiger partial charge on any atom is 0.387 e. The van der Waals surface area contributed by atoms with E-state index in [-0.39, 0.29) is 23.8 Å². The highest BCUT2D eigenvalue weighted by molar-refractivity contribution is 6.05. The third-order valence-electron chi connectivity index (χ3n) is 5.12. The van der Waals surface area contributed by atoms with Gasteiger partial charge in [-0.25, -0.2) is 0 Å². The lowest BCUT2D eigenvalue weighted by Crippen LogP contribution is -2.30. The van der Waals surface area contributed by atoms with E-state index in [0.29, 0.717) is 12.1 Å². The van der Waals surface area contributed by atoms with Crippen molar-refractivity contribution >= 4 is 22.6 Å². The lowest BCUT2D eigenvalue weighted by molar-refractivity contribution is -0.114. The van der Waals surface area contributed by atoms with Crippen LogP contribution in [0.1, 0.15) is 15.9 Å². The van der Waals surface area contributed by atoms with Crippen LogP contribution in [0.25, 0.3) is 21.9 Å². The molecule has 30 heavy (non-hydrogen) atoms. The summed E-state index contributed by atoms with van der Waals surface area (Å²) < 4.78 is 29.6. The number of hydrogen-bond donors (Lipinski definition) is 1. The number of halogens is 2. The molecule has 1 aliphatic rings. The molecule has 0 aliphatic carbocycles. The number of primary amides is 1. The largest absolute Gasteiger partial charge is 0.435 e. The second-order valence-electron chi connectivity index (χ2n) is 7.06. The molecule has 0 fully saturated rings. The van der Waals surface area contributed by atoms with E-state index in [1.54, 1.807) is 24.3 Å². The molecule has 0 atom stereocenters. The van der Waals surface area contributed by atoms with E-state index in [1.165, 1.54) is 11.0 Å². The van der Waals surface area contributed by atoms with Crippen molar-refractivity contribution in [2.45, 2.75) is 13.2 Å². The average Bonchev–Trinajstić information content (AvgIpc) is 3.03. The lowest BCUT2D eigenvalue weighted by atomic mass is 9.96. The molecule has 152 valence electrons. The molecule has 3 aromatic carbocycles. The fourth-order valence-corrected chi connectivity index (χ4v) is 3.65. The van der Waals surface area contributed by atoms with Crippen LogP contribution in [0.3, 0.4) is 0 Å². The van der Waals surface area contributed by atoms with Crippen molar-refractivity contribution in [3.05, 3.63) is 77.9 Å². The molecule has 0 radical (unpaired) electrons. The molecule has 5 nitrogen and oxygen atoms in total. The molecule has 4 rings (SSSR count). The van der Waals surface area contributed by atoms with Crippen LogP contribution in [-0.4, -0.2) is 29.9 Å². The van der Waals surface area contributed by atoms with E-state index in [2.05, 4.69) is 11.3 Å². The van der Waals surface area contributed by atoms with Crippen LogP contribution in [-0.2, 0) is 11.3 Å². The highest BCUT2D eigenvalue weighted by Crippen LogP contribution is 2.34. The Labute approximate surface area is 171 Å². The van der Waals surface area contributed by atoms with Crippen LogP contribution in [0.2, 0.25) is 0 Å². The van der Waals surface area contributed by atoms with Crippen molar-refractivity contribution in [2.75, 3.05) is 6.54 Å². The minimum atomic E-state index is -2.90. The molecule has 7 heteroatoms. The first-order valence-corrected chi connectivity index (χ1v) is 9.21. The second-order valence-corrected chi connectivity index (χ2v) is 7.06. The summed E-state index contributed by atoms with van der Waals surface area (Å²) in [5.74, 6) is -0.754. The van der Waals surface area contributed by atoms with Gasteiger partial charge in [0.25, 0.3) is 5.91 Å². The molecule has 0 bridgehead atoms. The molecule has 0 saturated heterocycles. The van der Waals surface area contributed by atoms with E-state index in [9.17, 15) is 18.4 Å². The van der Waals surface area contributed by atoms with Gasteiger partial charge in [0.15, 0.2) is 0 Å². The van der Waals surface area contributed by atoms with Gasteiger partial charge in [0.2, 0.25) is 5.91 Å². The molecular weight excluding hydrogens is 390 g/mol. The van der Waals surface area contributed by atoms with Crippen LogP contribution in [0, 0.1) is 0 Å². The summed E-state index contributed by atoms with van der Waals surface area (Å²) in [5, 5.41) is 1.83. The summed E-state index contributed by atoms with van der Waals surface area (Å²) in [4.78, 5) is 25.6. The van der Waals surface area contributed by atoms with Gasteiger partial charge in [0.1, 0.15) is 5.75 Å². The molecule has 0 unspecified atom stereocenters. The first-order chi connectivity index (χ1) is 14.3. The standard InChI is InChI=1S/C23H18F2N2O3/c1-13(21(26)28)11-27-12-20-18(22(27)29)8-7-14-5-6-16(10-19(14)20)15-3-2-4-17(9-15)30-23(24)25/h2-10,23H,1,11-12H2,(H2,26,28). The number of benzene rings is 3. The number of nitrogens with two attached hydrogens (primary N) is 1. The zero-order valence-electron chi connectivity index (χ0n) is 15.9. The van der Waals surface area contributed by atoms with Crippen molar-refractivity contribution in [3.8, 4) is 16.9 Å². The van der Waals surface area contributed by atoms with Crippen molar-refractivity contribution in [1.29, 1.82) is 0 Å². The Morgan fingerprint density at radius 1 is 1.13 bits per heavy atom. The van der Waals surface area contributed by atoms with Gasteiger partial charge in [-0.1, -0.05) is 36.9 Å². The minimum Gasteiger partial charge on any atom is -0.435 e. The Bertz CT molecular complexity index is 1190. The van der Waals surface area contributed by atoms with Gasteiger partial charge in [-0.15, -0.1) is 0 Å². The molecule has 1 aliphatic heterocycles. The Balaban J connectivity index is 1.72. The normalized spacial score (nSPS) is 13.0. The maximum atomic E-state index is 12.7. The number of amides is 2. The van der Waals surface area contributed by atoms with Crippen molar-refractivity contribution in [2.24, 2.45) is 5.73 Å². The Kier molecular flexibility index (Phi) is 4.95.